The third-order valence-electron chi connectivity index (χ3n) is 5.01. The fourth-order valence-electron chi connectivity index (χ4n) is 3.35. The lowest BCUT2D eigenvalue weighted by Gasteiger charge is -2.16. The maximum absolute atomic E-state index is 13.3. The van der Waals surface area contributed by atoms with Gasteiger partial charge >= 0.3 is 5.97 Å². The van der Waals surface area contributed by atoms with Gasteiger partial charge in [0.1, 0.15) is 34.5 Å². The molecule has 168 valence electrons. The molecule has 0 saturated heterocycles. The van der Waals surface area contributed by atoms with Gasteiger partial charge in [0, 0.05) is 11.1 Å². The van der Waals surface area contributed by atoms with Crippen LogP contribution in [0.3, 0.4) is 0 Å². The number of nitrogens with zero attached hydrogens (tertiary/aromatic N) is 1. The lowest BCUT2D eigenvalue weighted by atomic mass is 10.1. The largest absolute Gasteiger partial charge is 0.497 e. The van der Waals surface area contributed by atoms with Gasteiger partial charge in [0.2, 0.25) is 0 Å². The number of pyridine rings is 1. The number of fused-ring (bicyclic) bond motifs is 1. The van der Waals surface area contributed by atoms with Crippen LogP contribution in [-0.4, -0.2) is 25.2 Å². The number of aromatic nitrogens is 1. The van der Waals surface area contributed by atoms with Gasteiger partial charge in [-0.25, -0.2) is 14.2 Å². The molecule has 1 heterocycles. The normalized spacial score (nSPS) is 10.8. The maximum Gasteiger partial charge on any atom is 0.344 e. The third-order valence-corrected chi connectivity index (χ3v) is 6.05. The SMILES string of the molecule is COC(=O)c1c(SCc2cccc(OC)c2)nc2ccccc2c1OCc1ccc(F)cc1. The van der Waals surface area contributed by atoms with Crippen molar-refractivity contribution in [3.05, 3.63) is 95.3 Å². The van der Waals surface area contributed by atoms with E-state index in [1.165, 1.54) is 31.0 Å². The summed E-state index contributed by atoms with van der Waals surface area (Å²) in [7, 11) is 2.95. The zero-order valence-corrected chi connectivity index (χ0v) is 19.0. The third kappa shape index (κ3) is 5.26. The second-order valence-electron chi connectivity index (χ2n) is 7.19. The monoisotopic (exact) mass is 463 g/mol. The van der Waals surface area contributed by atoms with Gasteiger partial charge in [-0.2, -0.15) is 0 Å². The van der Waals surface area contributed by atoms with E-state index in [2.05, 4.69) is 0 Å². The fraction of sp³-hybridized carbons (Fsp3) is 0.154. The number of ether oxygens (including phenoxy) is 3. The molecule has 5 nitrogen and oxygen atoms in total. The molecule has 0 spiro atoms. The molecule has 1 aromatic heterocycles. The first-order chi connectivity index (χ1) is 16.1. The van der Waals surface area contributed by atoms with Crippen molar-refractivity contribution in [1.29, 1.82) is 0 Å². The fourth-order valence-corrected chi connectivity index (χ4v) is 4.31. The van der Waals surface area contributed by atoms with Crippen molar-refractivity contribution >= 4 is 28.6 Å². The van der Waals surface area contributed by atoms with Crippen LogP contribution in [0, 0.1) is 5.82 Å². The van der Waals surface area contributed by atoms with Crippen LogP contribution in [0.2, 0.25) is 0 Å². The Kier molecular flexibility index (Phi) is 7.10. The molecule has 33 heavy (non-hydrogen) atoms. The molecule has 0 saturated carbocycles. The van der Waals surface area contributed by atoms with Crippen molar-refractivity contribution in [2.75, 3.05) is 14.2 Å². The predicted octanol–water partition coefficient (Wildman–Crippen LogP) is 6.04. The topological polar surface area (TPSA) is 57.7 Å². The molecule has 3 aromatic carbocycles. The smallest absolute Gasteiger partial charge is 0.344 e. The highest BCUT2D eigenvalue weighted by atomic mass is 32.2. The highest BCUT2D eigenvalue weighted by molar-refractivity contribution is 7.98. The summed E-state index contributed by atoms with van der Waals surface area (Å²) < 4.78 is 29.8. The van der Waals surface area contributed by atoms with Crippen molar-refractivity contribution in [2.45, 2.75) is 17.4 Å². The Morgan fingerprint density at radius 1 is 0.970 bits per heavy atom. The van der Waals surface area contributed by atoms with Gasteiger partial charge in [-0.15, -0.1) is 11.8 Å². The van der Waals surface area contributed by atoms with Crippen LogP contribution in [0.15, 0.2) is 77.8 Å². The first kappa shape index (κ1) is 22.6. The van der Waals surface area contributed by atoms with E-state index in [-0.39, 0.29) is 18.0 Å². The molecule has 0 unspecified atom stereocenters. The Morgan fingerprint density at radius 3 is 2.52 bits per heavy atom. The van der Waals surface area contributed by atoms with Crippen LogP contribution in [0.5, 0.6) is 11.5 Å². The second-order valence-corrected chi connectivity index (χ2v) is 8.15. The molecule has 0 radical (unpaired) electrons. The highest BCUT2D eigenvalue weighted by Crippen LogP contribution is 2.37. The van der Waals surface area contributed by atoms with E-state index in [1.807, 2.05) is 48.5 Å². The molecule has 0 aliphatic heterocycles. The molecule has 0 amide bonds. The minimum Gasteiger partial charge on any atom is -0.497 e. The number of benzene rings is 3. The summed E-state index contributed by atoms with van der Waals surface area (Å²) in [6.07, 6.45) is 0. The number of halogens is 1. The summed E-state index contributed by atoms with van der Waals surface area (Å²) in [4.78, 5) is 17.6. The zero-order chi connectivity index (χ0) is 23.2. The number of para-hydroxylation sites is 1. The average Bonchev–Trinajstić information content (AvgIpc) is 2.86. The Hall–Kier alpha value is -3.58. The molecular weight excluding hydrogens is 441 g/mol. The van der Waals surface area contributed by atoms with E-state index in [0.29, 0.717) is 27.4 Å². The van der Waals surface area contributed by atoms with Crippen LogP contribution >= 0.6 is 11.8 Å². The van der Waals surface area contributed by atoms with Crippen molar-refractivity contribution < 1.29 is 23.4 Å². The summed E-state index contributed by atoms with van der Waals surface area (Å²) in [6.45, 7) is 0.165. The van der Waals surface area contributed by atoms with Crippen molar-refractivity contribution in [3.63, 3.8) is 0 Å². The van der Waals surface area contributed by atoms with Crippen molar-refractivity contribution in [2.24, 2.45) is 0 Å². The van der Waals surface area contributed by atoms with Gasteiger partial charge in [-0.05, 0) is 47.5 Å². The molecule has 0 bridgehead atoms. The quantitative estimate of drug-likeness (QED) is 0.235. The lowest BCUT2D eigenvalue weighted by molar-refractivity contribution is 0.0590. The Bertz CT molecular complexity index is 1280. The van der Waals surface area contributed by atoms with Crippen LogP contribution in [0.1, 0.15) is 21.5 Å². The van der Waals surface area contributed by atoms with E-state index in [1.54, 1.807) is 19.2 Å². The minimum absolute atomic E-state index is 0.165. The number of carbonyl (C=O) groups excluding carboxylic acids is 1. The maximum atomic E-state index is 13.3. The van der Waals surface area contributed by atoms with Crippen LogP contribution < -0.4 is 9.47 Å². The number of carbonyl (C=O) groups is 1. The summed E-state index contributed by atoms with van der Waals surface area (Å²) in [5.74, 6) is 0.875. The molecule has 0 atom stereocenters. The minimum atomic E-state index is -0.532. The molecule has 0 fully saturated rings. The van der Waals surface area contributed by atoms with Crippen molar-refractivity contribution in [1.82, 2.24) is 4.98 Å². The summed E-state index contributed by atoms with van der Waals surface area (Å²) in [5, 5.41) is 1.21. The predicted molar refractivity (Wildman–Crippen MR) is 126 cm³/mol. The number of hydrogen-bond donors (Lipinski definition) is 0. The number of esters is 1. The molecule has 4 aromatic rings. The number of hydrogen-bond acceptors (Lipinski definition) is 6. The molecule has 7 heteroatoms. The van der Waals surface area contributed by atoms with Crippen LogP contribution in [0.25, 0.3) is 10.9 Å². The van der Waals surface area contributed by atoms with Gasteiger partial charge < -0.3 is 14.2 Å². The molecule has 0 aliphatic rings. The van der Waals surface area contributed by atoms with Gasteiger partial charge in [-0.1, -0.05) is 36.4 Å². The summed E-state index contributed by atoms with van der Waals surface area (Å²) >= 11 is 1.42. The van der Waals surface area contributed by atoms with Crippen LogP contribution in [0.4, 0.5) is 4.39 Å². The lowest BCUT2D eigenvalue weighted by Crippen LogP contribution is -2.10. The molecule has 0 aliphatic carbocycles. The Labute approximate surface area is 195 Å². The van der Waals surface area contributed by atoms with E-state index >= 15 is 0 Å². The summed E-state index contributed by atoms with van der Waals surface area (Å²) in [5.41, 5.74) is 2.77. The van der Waals surface area contributed by atoms with E-state index in [4.69, 9.17) is 19.2 Å². The van der Waals surface area contributed by atoms with Gasteiger partial charge in [0.15, 0.2) is 0 Å². The molecule has 4 rings (SSSR count). The van der Waals surface area contributed by atoms with E-state index < -0.39 is 5.97 Å². The first-order valence-electron chi connectivity index (χ1n) is 10.2. The first-order valence-corrected chi connectivity index (χ1v) is 11.2. The van der Waals surface area contributed by atoms with Gasteiger partial charge in [0.25, 0.3) is 0 Å². The average molecular weight is 464 g/mol. The van der Waals surface area contributed by atoms with Gasteiger partial charge in [0.05, 0.1) is 19.7 Å². The zero-order valence-electron chi connectivity index (χ0n) is 18.2. The molecular formula is C26H22FNO4S. The van der Waals surface area contributed by atoms with Gasteiger partial charge in [-0.3, -0.25) is 0 Å². The van der Waals surface area contributed by atoms with Crippen molar-refractivity contribution in [3.8, 4) is 11.5 Å². The standard InChI is InChI=1S/C26H22FNO4S/c1-30-20-7-5-6-18(14-20)16-33-25-23(26(29)31-2)24(21-8-3-4-9-22(21)28-25)32-15-17-10-12-19(27)13-11-17/h3-14H,15-16H2,1-2H3. The Balaban J connectivity index is 1.73. The Morgan fingerprint density at radius 2 is 1.76 bits per heavy atom. The van der Waals surface area contributed by atoms with E-state index in [9.17, 15) is 9.18 Å². The van der Waals surface area contributed by atoms with Crippen LogP contribution in [-0.2, 0) is 17.1 Å². The number of thioether (sulfide) groups is 1. The second kappa shape index (κ2) is 10.4. The summed E-state index contributed by atoms with van der Waals surface area (Å²) in [6, 6.07) is 21.2. The molecule has 0 N–H and O–H groups in total. The number of rotatable bonds is 8. The highest BCUT2D eigenvalue weighted by Gasteiger charge is 2.24. The number of methoxy groups -OCH3 is 2. The van der Waals surface area contributed by atoms with E-state index in [0.717, 1.165) is 16.9 Å².